The van der Waals surface area contributed by atoms with Crippen molar-refractivity contribution in [2.75, 3.05) is 0 Å². The van der Waals surface area contributed by atoms with Gasteiger partial charge >= 0.3 is 0 Å². The summed E-state index contributed by atoms with van der Waals surface area (Å²) in [4.78, 5) is 20.0. The van der Waals surface area contributed by atoms with Crippen LogP contribution in [-0.2, 0) is 0 Å². The van der Waals surface area contributed by atoms with E-state index in [1.807, 2.05) is 48.5 Å². The molecular formula is C46H32N4. The van der Waals surface area contributed by atoms with Gasteiger partial charge in [0, 0.05) is 27.6 Å². The standard InChI is InChI=1S/C46H32N4/c1-3-13-31(4-2)42-30-43(49-45(48-42)36-26-22-33(23-27-36)39-20-12-17-32-14-8-9-18-38(32)39)34-24-28-37(29-25-34)46-47-41-21-11-10-19-40(41)44(50-46)35-15-6-5-7-16-35/h3-30H,1-2H2/b31-13+. The van der Waals surface area contributed by atoms with E-state index >= 15 is 0 Å². The largest absolute Gasteiger partial charge is 0.228 e. The number of rotatable bonds is 8. The second-order valence-corrected chi connectivity index (χ2v) is 12.0. The molecule has 50 heavy (non-hydrogen) atoms. The predicted molar refractivity (Wildman–Crippen MR) is 208 cm³/mol. The van der Waals surface area contributed by atoms with E-state index in [0.717, 1.165) is 61.4 Å². The maximum absolute atomic E-state index is 5.07. The molecule has 0 amide bonds. The summed E-state index contributed by atoms with van der Waals surface area (Å²) in [6, 6.07) is 52.0. The predicted octanol–water partition coefficient (Wildman–Crippen LogP) is 11.7. The molecule has 0 aliphatic heterocycles. The molecule has 8 aromatic rings. The average Bonchev–Trinajstić information content (AvgIpc) is 3.19. The van der Waals surface area contributed by atoms with Crippen LogP contribution in [0.3, 0.4) is 0 Å². The number of aromatic nitrogens is 4. The Morgan fingerprint density at radius 2 is 1.10 bits per heavy atom. The Kier molecular flexibility index (Phi) is 8.17. The van der Waals surface area contributed by atoms with E-state index in [-0.39, 0.29) is 0 Å². The molecule has 0 fully saturated rings. The molecule has 0 atom stereocenters. The van der Waals surface area contributed by atoms with Gasteiger partial charge in [-0.05, 0) is 39.6 Å². The monoisotopic (exact) mass is 640 g/mol. The van der Waals surface area contributed by atoms with Crippen LogP contribution < -0.4 is 0 Å². The molecule has 0 radical (unpaired) electrons. The summed E-state index contributed by atoms with van der Waals surface area (Å²) < 4.78 is 0. The molecule has 0 spiro atoms. The van der Waals surface area contributed by atoms with Crippen molar-refractivity contribution in [3.63, 3.8) is 0 Å². The third-order valence-electron chi connectivity index (χ3n) is 8.87. The molecule has 6 aromatic carbocycles. The van der Waals surface area contributed by atoms with E-state index in [0.29, 0.717) is 11.6 Å². The third kappa shape index (κ3) is 5.91. The second-order valence-electron chi connectivity index (χ2n) is 12.0. The molecule has 0 saturated heterocycles. The minimum atomic E-state index is 0.633. The molecule has 4 nitrogen and oxygen atoms in total. The summed E-state index contributed by atoms with van der Waals surface area (Å²) in [5, 5.41) is 3.47. The van der Waals surface area contributed by atoms with Crippen LogP contribution in [0, 0.1) is 0 Å². The lowest BCUT2D eigenvalue weighted by molar-refractivity contribution is 1.16. The van der Waals surface area contributed by atoms with Gasteiger partial charge in [-0.3, -0.25) is 0 Å². The number of para-hydroxylation sites is 1. The van der Waals surface area contributed by atoms with E-state index in [9.17, 15) is 0 Å². The number of hydrogen-bond donors (Lipinski definition) is 0. The van der Waals surface area contributed by atoms with Gasteiger partial charge in [0.15, 0.2) is 11.6 Å². The van der Waals surface area contributed by atoms with E-state index in [1.165, 1.54) is 16.3 Å². The molecule has 0 N–H and O–H groups in total. The lowest BCUT2D eigenvalue weighted by atomic mass is 9.97. The van der Waals surface area contributed by atoms with Gasteiger partial charge in [0.25, 0.3) is 0 Å². The van der Waals surface area contributed by atoms with E-state index < -0.39 is 0 Å². The van der Waals surface area contributed by atoms with Crippen molar-refractivity contribution in [2.24, 2.45) is 0 Å². The van der Waals surface area contributed by atoms with Crippen LogP contribution in [0.4, 0.5) is 0 Å². The molecule has 0 bridgehead atoms. The summed E-state index contributed by atoms with van der Waals surface area (Å²) in [6.45, 7) is 7.93. The SMILES string of the molecule is C=C/C=C(\C=C)c1cc(-c2ccc(-c3nc(-c4ccccc4)c4ccccc4n3)cc2)nc(-c2ccc(-c3cccc4ccccc34)cc2)n1. The molecule has 0 unspecified atom stereocenters. The second kappa shape index (κ2) is 13.4. The molecule has 0 aliphatic rings. The van der Waals surface area contributed by atoms with Gasteiger partial charge < -0.3 is 0 Å². The van der Waals surface area contributed by atoms with Crippen LogP contribution in [-0.4, -0.2) is 19.9 Å². The zero-order valence-corrected chi connectivity index (χ0v) is 27.4. The fourth-order valence-corrected chi connectivity index (χ4v) is 6.34. The molecule has 8 rings (SSSR count). The first kappa shape index (κ1) is 30.5. The van der Waals surface area contributed by atoms with Crippen molar-refractivity contribution in [3.8, 4) is 56.4 Å². The molecule has 2 heterocycles. The van der Waals surface area contributed by atoms with Gasteiger partial charge in [0.05, 0.1) is 22.6 Å². The minimum absolute atomic E-state index is 0.633. The fraction of sp³-hybridized carbons (Fsp3) is 0. The summed E-state index contributed by atoms with van der Waals surface area (Å²) >= 11 is 0. The molecule has 236 valence electrons. The quantitative estimate of drug-likeness (QED) is 0.155. The van der Waals surface area contributed by atoms with Gasteiger partial charge in [-0.15, -0.1) is 0 Å². The smallest absolute Gasteiger partial charge is 0.160 e. The summed E-state index contributed by atoms with van der Waals surface area (Å²) in [5.74, 6) is 1.31. The van der Waals surface area contributed by atoms with Crippen molar-refractivity contribution in [1.29, 1.82) is 0 Å². The molecule has 4 heteroatoms. The highest BCUT2D eigenvalue weighted by molar-refractivity contribution is 5.97. The first-order chi connectivity index (χ1) is 24.7. The van der Waals surface area contributed by atoms with Crippen molar-refractivity contribution in [1.82, 2.24) is 19.9 Å². The minimum Gasteiger partial charge on any atom is -0.228 e. The maximum atomic E-state index is 5.07. The first-order valence-electron chi connectivity index (χ1n) is 16.5. The Bertz CT molecular complexity index is 2540. The van der Waals surface area contributed by atoms with E-state index in [4.69, 9.17) is 19.9 Å². The van der Waals surface area contributed by atoms with Gasteiger partial charge in [-0.1, -0.05) is 171 Å². The zero-order valence-electron chi connectivity index (χ0n) is 27.4. The Balaban J connectivity index is 1.18. The van der Waals surface area contributed by atoms with Gasteiger partial charge in [-0.2, -0.15) is 0 Å². The van der Waals surface area contributed by atoms with Gasteiger partial charge in [0.1, 0.15) is 0 Å². The number of fused-ring (bicyclic) bond motifs is 2. The highest BCUT2D eigenvalue weighted by Gasteiger charge is 2.14. The highest BCUT2D eigenvalue weighted by atomic mass is 14.9. The molecule has 2 aromatic heterocycles. The average molecular weight is 641 g/mol. The Labute approximate surface area is 291 Å². The lowest BCUT2D eigenvalue weighted by Gasteiger charge is -2.12. The van der Waals surface area contributed by atoms with Crippen LogP contribution in [0.1, 0.15) is 5.69 Å². The van der Waals surface area contributed by atoms with Crippen LogP contribution in [0.15, 0.2) is 183 Å². The number of nitrogens with zero attached hydrogens (tertiary/aromatic N) is 4. The number of benzene rings is 6. The third-order valence-corrected chi connectivity index (χ3v) is 8.87. The maximum Gasteiger partial charge on any atom is 0.160 e. The molecular weight excluding hydrogens is 609 g/mol. The van der Waals surface area contributed by atoms with Crippen molar-refractivity contribution in [3.05, 3.63) is 189 Å². The molecule has 0 aliphatic carbocycles. The van der Waals surface area contributed by atoms with Crippen LogP contribution in [0.2, 0.25) is 0 Å². The van der Waals surface area contributed by atoms with Crippen molar-refractivity contribution < 1.29 is 0 Å². The van der Waals surface area contributed by atoms with E-state index in [1.54, 1.807) is 12.2 Å². The number of hydrogen-bond acceptors (Lipinski definition) is 4. The van der Waals surface area contributed by atoms with Gasteiger partial charge in [0.2, 0.25) is 0 Å². The molecule has 0 saturated carbocycles. The zero-order chi connectivity index (χ0) is 33.9. The Hall–Kier alpha value is -6.78. The topological polar surface area (TPSA) is 51.6 Å². The normalized spacial score (nSPS) is 11.5. The number of allylic oxidation sites excluding steroid dienone is 4. The Morgan fingerprint density at radius 1 is 0.480 bits per heavy atom. The first-order valence-corrected chi connectivity index (χ1v) is 16.5. The van der Waals surface area contributed by atoms with Gasteiger partial charge in [-0.25, -0.2) is 19.9 Å². The Morgan fingerprint density at radius 3 is 1.84 bits per heavy atom. The van der Waals surface area contributed by atoms with Crippen molar-refractivity contribution in [2.45, 2.75) is 0 Å². The lowest BCUT2D eigenvalue weighted by Crippen LogP contribution is -1.98. The van der Waals surface area contributed by atoms with Crippen molar-refractivity contribution >= 4 is 27.2 Å². The fourth-order valence-electron chi connectivity index (χ4n) is 6.34. The van der Waals surface area contributed by atoms with Crippen LogP contribution >= 0.6 is 0 Å². The van der Waals surface area contributed by atoms with E-state index in [2.05, 4.69) is 122 Å². The van der Waals surface area contributed by atoms with Crippen LogP contribution in [0.5, 0.6) is 0 Å². The summed E-state index contributed by atoms with van der Waals surface area (Å²) in [7, 11) is 0. The summed E-state index contributed by atoms with van der Waals surface area (Å²) in [6.07, 6.45) is 5.46. The summed E-state index contributed by atoms with van der Waals surface area (Å²) in [5.41, 5.74) is 10.5. The van der Waals surface area contributed by atoms with Crippen LogP contribution in [0.25, 0.3) is 83.7 Å². The highest BCUT2D eigenvalue weighted by Crippen LogP contribution is 2.33.